The van der Waals surface area contributed by atoms with E-state index in [1.165, 1.54) is 0 Å². The van der Waals surface area contributed by atoms with Gasteiger partial charge in [-0.1, -0.05) is 18.2 Å². The minimum atomic E-state index is -3.59. The van der Waals surface area contributed by atoms with E-state index < -0.39 is 10.0 Å². The predicted molar refractivity (Wildman–Crippen MR) is 84.6 cm³/mol. The third-order valence-corrected chi connectivity index (χ3v) is 6.25. The summed E-state index contributed by atoms with van der Waals surface area (Å²) in [5.74, 6) is 0. The number of pyridine rings is 1. The highest BCUT2D eigenvalue weighted by molar-refractivity contribution is 9.10. The van der Waals surface area contributed by atoms with Crippen molar-refractivity contribution >= 4 is 53.9 Å². The number of para-hydroxylation sites is 1. The van der Waals surface area contributed by atoms with Crippen LogP contribution < -0.4 is 4.72 Å². The summed E-state index contributed by atoms with van der Waals surface area (Å²) in [5.41, 5.74) is 1.11. The molecule has 0 atom stereocenters. The molecule has 0 spiro atoms. The zero-order valence-electron chi connectivity index (χ0n) is 10.1. The molecule has 102 valence electrons. The van der Waals surface area contributed by atoms with Crippen molar-refractivity contribution in [3.8, 4) is 0 Å². The Morgan fingerprint density at radius 1 is 1.20 bits per heavy atom. The second kappa shape index (κ2) is 5.16. The third kappa shape index (κ3) is 2.56. The highest BCUT2D eigenvalue weighted by atomic mass is 79.9. The number of thiophene rings is 1. The highest BCUT2D eigenvalue weighted by Gasteiger charge is 2.17. The number of rotatable bonds is 3. The summed E-state index contributed by atoms with van der Waals surface area (Å²) in [4.78, 5) is 4.23. The number of nitrogens with one attached hydrogen (secondary N) is 1. The Morgan fingerprint density at radius 3 is 2.75 bits per heavy atom. The molecule has 3 rings (SSSR count). The van der Waals surface area contributed by atoms with Crippen molar-refractivity contribution in [3.63, 3.8) is 0 Å². The molecule has 0 aliphatic carbocycles. The molecule has 0 bridgehead atoms. The molecule has 0 unspecified atom stereocenters. The van der Waals surface area contributed by atoms with Gasteiger partial charge in [-0.25, -0.2) is 8.42 Å². The maximum atomic E-state index is 12.3. The van der Waals surface area contributed by atoms with Crippen LogP contribution in [-0.4, -0.2) is 13.4 Å². The van der Waals surface area contributed by atoms with Gasteiger partial charge in [0.2, 0.25) is 0 Å². The molecule has 0 radical (unpaired) electrons. The Morgan fingerprint density at radius 2 is 2.00 bits per heavy atom. The maximum absolute atomic E-state index is 12.3. The van der Waals surface area contributed by atoms with Gasteiger partial charge in [-0.15, -0.1) is 11.3 Å². The average molecular weight is 369 g/mol. The van der Waals surface area contributed by atoms with Crippen LogP contribution in [0.3, 0.4) is 0 Å². The maximum Gasteiger partial charge on any atom is 0.271 e. The van der Waals surface area contributed by atoms with Crippen molar-refractivity contribution in [1.29, 1.82) is 0 Å². The summed E-state index contributed by atoms with van der Waals surface area (Å²) in [6.07, 6.45) is 1.64. The van der Waals surface area contributed by atoms with Crippen molar-refractivity contribution in [1.82, 2.24) is 4.98 Å². The molecular formula is C13H9BrN2O2S2. The smallest absolute Gasteiger partial charge is 0.271 e. The lowest BCUT2D eigenvalue weighted by atomic mass is 10.2. The number of hydrogen-bond donors (Lipinski definition) is 1. The number of hydrogen-bond acceptors (Lipinski definition) is 4. The van der Waals surface area contributed by atoms with E-state index >= 15 is 0 Å². The van der Waals surface area contributed by atoms with Crippen LogP contribution in [0.1, 0.15) is 0 Å². The van der Waals surface area contributed by atoms with Crippen LogP contribution in [0.2, 0.25) is 0 Å². The second-order valence-electron chi connectivity index (χ2n) is 4.07. The number of halogens is 1. The largest absolute Gasteiger partial charge is 0.277 e. The SMILES string of the molecule is O=S(=O)(Nc1cccc2cccnc12)c1cc(Br)cs1. The number of fused-ring (bicyclic) bond motifs is 1. The fourth-order valence-corrected chi connectivity index (χ4v) is 4.73. The number of aromatic nitrogens is 1. The topological polar surface area (TPSA) is 59.1 Å². The molecule has 0 aliphatic rings. The first-order valence-corrected chi connectivity index (χ1v) is 8.82. The Labute approximate surface area is 128 Å². The zero-order chi connectivity index (χ0) is 14.2. The molecule has 1 aromatic carbocycles. The zero-order valence-corrected chi connectivity index (χ0v) is 13.3. The van der Waals surface area contributed by atoms with E-state index in [0.29, 0.717) is 11.2 Å². The summed E-state index contributed by atoms with van der Waals surface area (Å²) in [6, 6.07) is 10.7. The molecule has 0 saturated carbocycles. The number of sulfonamides is 1. The van der Waals surface area contributed by atoms with Crippen LogP contribution in [0.25, 0.3) is 10.9 Å². The van der Waals surface area contributed by atoms with Gasteiger partial charge in [0.05, 0.1) is 11.2 Å². The second-order valence-corrected chi connectivity index (χ2v) is 7.81. The molecule has 0 amide bonds. The lowest BCUT2D eigenvalue weighted by molar-refractivity contribution is 0.603. The number of benzene rings is 1. The van der Waals surface area contributed by atoms with Gasteiger partial charge in [0.15, 0.2) is 0 Å². The van der Waals surface area contributed by atoms with E-state index in [9.17, 15) is 8.42 Å². The standard InChI is InChI=1S/C13H9BrN2O2S2/c14-10-7-12(19-8-10)20(17,18)16-11-5-1-3-9-4-2-6-15-13(9)11/h1-8,16H. The van der Waals surface area contributed by atoms with E-state index in [2.05, 4.69) is 25.6 Å². The normalized spacial score (nSPS) is 11.7. The molecule has 0 saturated heterocycles. The van der Waals surface area contributed by atoms with Gasteiger partial charge in [0.1, 0.15) is 4.21 Å². The van der Waals surface area contributed by atoms with Gasteiger partial charge in [-0.2, -0.15) is 0 Å². The summed E-state index contributed by atoms with van der Waals surface area (Å²) >= 11 is 4.42. The molecule has 4 nitrogen and oxygen atoms in total. The molecular weight excluding hydrogens is 360 g/mol. The van der Waals surface area contributed by atoms with Gasteiger partial charge in [-0.05, 0) is 34.1 Å². The van der Waals surface area contributed by atoms with Crippen molar-refractivity contribution in [2.24, 2.45) is 0 Å². The van der Waals surface area contributed by atoms with E-state index in [0.717, 1.165) is 21.2 Å². The molecule has 2 heterocycles. The van der Waals surface area contributed by atoms with E-state index in [4.69, 9.17) is 0 Å². The van der Waals surface area contributed by atoms with Crippen LogP contribution >= 0.6 is 27.3 Å². The molecule has 20 heavy (non-hydrogen) atoms. The minimum Gasteiger partial charge on any atom is -0.277 e. The summed E-state index contributed by atoms with van der Waals surface area (Å²) in [5, 5.41) is 2.62. The van der Waals surface area contributed by atoms with E-state index in [1.54, 1.807) is 29.8 Å². The molecule has 1 N–H and O–H groups in total. The van der Waals surface area contributed by atoms with Crippen LogP contribution in [0.15, 0.2) is 56.7 Å². The van der Waals surface area contributed by atoms with Crippen LogP contribution in [0, 0.1) is 0 Å². The molecule has 3 aromatic rings. The predicted octanol–water partition coefficient (Wildman–Crippen LogP) is 3.86. The molecule has 0 fully saturated rings. The third-order valence-electron chi connectivity index (χ3n) is 2.69. The van der Waals surface area contributed by atoms with Crippen molar-refractivity contribution in [3.05, 3.63) is 52.4 Å². The number of nitrogens with zero attached hydrogens (tertiary/aromatic N) is 1. The molecule has 2 aromatic heterocycles. The molecule has 0 aliphatic heterocycles. The lowest BCUT2D eigenvalue weighted by Gasteiger charge is -2.08. The summed E-state index contributed by atoms with van der Waals surface area (Å²) in [7, 11) is -3.59. The Balaban J connectivity index is 2.05. The first-order valence-electron chi connectivity index (χ1n) is 5.67. The minimum absolute atomic E-state index is 0.261. The van der Waals surface area contributed by atoms with Crippen molar-refractivity contribution in [2.75, 3.05) is 4.72 Å². The monoisotopic (exact) mass is 368 g/mol. The van der Waals surface area contributed by atoms with Gasteiger partial charge in [0.25, 0.3) is 10.0 Å². The van der Waals surface area contributed by atoms with Crippen molar-refractivity contribution < 1.29 is 8.42 Å². The van der Waals surface area contributed by atoms with Crippen LogP contribution in [0.4, 0.5) is 5.69 Å². The summed E-state index contributed by atoms with van der Waals surface area (Å²) < 4.78 is 28.2. The van der Waals surface area contributed by atoms with E-state index in [-0.39, 0.29) is 4.21 Å². The van der Waals surface area contributed by atoms with Gasteiger partial charge >= 0.3 is 0 Å². The van der Waals surface area contributed by atoms with Crippen LogP contribution in [-0.2, 0) is 10.0 Å². The highest BCUT2D eigenvalue weighted by Crippen LogP contribution is 2.28. The van der Waals surface area contributed by atoms with Gasteiger partial charge < -0.3 is 0 Å². The quantitative estimate of drug-likeness (QED) is 0.763. The number of anilines is 1. The summed E-state index contributed by atoms with van der Waals surface area (Å²) in [6.45, 7) is 0. The Bertz CT molecular complexity index is 869. The fraction of sp³-hybridized carbons (Fsp3) is 0. The first kappa shape index (κ1) is 13.5. The van der Waals surface area contributed by atoms with E-state index in [1.807, 2.05) is 18.2 Å². The van der Waals surface area contributed by atoms with Gasteiger partial charge in [-0.3, -0.25) is 9.71 Å². The van der Waals surface area contributed by atoms with Crippen LogP contribution in [0.5, 0.6) is 0 Å². The Hall–Kier alpha value is -1.44. The Kier molecular flexibility index (Phi) is 3.49. The lowest BCUT2D eigenvalue weighted by Crippen LogP contribution is -2.11. The average Bonchev–Trinajstić information content (AvgIpc) is 2.86. The molecule has 7 heteroatoms. The first-order chi connectivity index (χ1) is 9.56. The van der Waals surface area contributed by atoms with Crippen molar-refractivity contribution in [2.45, 2.75) is 4.21 Å². The fourth-order valence-electron chi connectivity index (χ4n) is 1.82. The van der Waals surface area contributed by atoms with Gasteiger partial charge in [0, 0.05) is 21.4 Å².